The van der Waals surface area contributed by atoms with Gasteiger partial charge in [-0.25, -0.2) is 4.98 Å². The van der Waals surface area contributed by atoms with Gasteiger partial charge < -0.3 is 5.11 Å². The summed E-state index contributed by atoms with van der Waals surface area (Å²) in [6, 6.07) is 3.53. The van der Waals surface area contributed by atoms with Gasteiger partial charge in [-0.15, -0.1) is 11.3 Å². The van der Waals surface area contributed by atoms with E-state index in [0.717, 1.165) is 19.8 Å². The quantitative estimate of drug-likeness (QED) is 0.823. The first kappa shape index (κ1) is 15.7. The van der Waals surface area contributed by atoms with Gasteiger partial charge in [0, 0.05) is 22.4 Å². The summed E-state index contributed by atoms with van der Waals surface area (Å²) in [5.41, 5.74) is 1.21. The average Bonchev–Trinajstić information content (AvgIpc) is 2.78. The summed E-state index contributed by atoms with van der Waals surface area (Å²) >= 11 is 2.79. The van der Waals surface area contributed by atoms with Crippen LogP contribution in [0, 0.1) is 6.92 Å². The van der Waals surface area contributed by atoms with E-state index >= 15 is 0 Å². The number of carbonyl (C=O) groups is 2. The lowest BCUT2D eigenvalue weighted by Gasteiger charge is -1.99. The number of aromatic nitrogens is 2. The van der Waals surface area contributed by atoms with Crippen LogP contribution < -0.4 is 0 Å². The van der Waals surface area contributed by atoms with Gasteiger partial charge in [0.2, 0.25) is 0 Å². The number of aliphatic carboxylic acids is 1. The van der Waals surface area contributed by atoms with Crippen molar-refractivity contribution >= 4 is 34.9 Å². The van der Waals surface area contributed by atoms with Gasteiger partial charge in [-0.3, -0.25) is 14.6 Å². The van der Waals surface area contributed by atoms with Gasteiger partial charge in [0.25, 0.3) is 0 Å². The number of pyridine rings is 1. The predicted molar refractivity (Wildman–Crippen MR) is 81.2 cm³/mol. The number of carboxylic acid groups (broad SMARTS) is 1. The van der Waals surface area contributed by atoms with Crippen LogP contribution in [0.1, 0.15) is 34.4 Å². The van der Waals surface area contributed by atoms with Crippen molar-refractivity contribution in [2.24, 2.45) is 0 Å². The van der Waals surface area contributed by atoms with Crippen molar-refractivity contribution < 1.29 is 14.7 Å². The molecule has 2 aromatic rings. The van der Waals surface area contributed by atoms with Crippen LogP contribution in [0.15, 0.2) is 27.6 Å². The van der Waals surface area contributed by atoms with Crippen LogP contribution in [0.5, 0.6) is 0 Å². The smallest absolute Gasteiger partial charge is 0.308 e. The second-order valence-electron chi connectivity index (χ2n) is 4.32. The van der Waals surface area contributed by atoms with E-state index in [1.165, 1.54) is 23.1 Å². The molecule has 0 spiro atoms. The lowest BCUT2D eigenvalue weighted by atomic mass is 10.2. The van der Waals surface area contributed by atoms with Crippen molar-refractivity contribution in [3.05, 3.63) is 34.6 Å². The van der Waals surface area contributed by atoms with Crippen molar-refractivity contribution in [3.8, 4) is 0 Å². The number of hydrogen-bond acceptors (Lipinski definition) is 6. The molecule has 7 heteroatoms. The molecule has 0 saturated heterocycles. The number of ketones is 1. The SMILES string of the molecule is CCC(=O)c1ccc(Sc2nc(C)c(CC(=O)O)s2)cn1. The zero-order valence-electron chi connectivity index (χ0n) is 11.6. The third-order valence-corrected chi connectivity index (χ3v) is 4.93. The first-order chi connectivity index (χ1) is 9.99. The molecule has 0 saturated carbocycles. The van der Waals surface area contributed by atoms with Crippen LogP contribution in [-0.2, 0) is 11.2 Å². The molecule has 0 aromatic carbocycles. The molecule has 2 rings (SSSR count). The Kier molecular flexibility index (Phi) is 5.08. The summed E-state index contributed by atoms with van der Waals surface area (Å²) in [4.78, 5) is 32.4. The highest BCUT2D eigenvalue weighted by molar-refractivity contribution is 8.01. The summed E-state index contributed by atoms with van der Waals surface area (Å²) < 4.78 is 0.778. The zero-order valence-corrected chi connectivity index (χ0v) is 13.3. The molecular weight excluding hydrogens is 308 g/mol. The average molecular weight is 322 g/mol. The van der Waals surface area contributed by atoms with Gasteiger partial charge in [0.05, 0.1) is 12.1 Å². The van der Waals surface area contributed by atoms with E-state index in [1.54, 1.807) is 26.1 Å². The number of thiazole rings is 1. The summed E-state index contributed by atoms with van der Waals surface area (Å²) in [7, 11) is 0. The molecule has 5 nitrogen and oxygen atoms in total. The Labute approximate surface area is 130 Å². The monoisotopic (exact) mass is 322 g/mol. The third kappa shape index (κ3) is 4.12. The maximum Gasteiger partial charge on any atom is 0.308 e. The van der Waals surface area contributed by atoms with Gasteiger partial charge in [-0.2, -0.15) is 0 Å². The minimum absolute atomic E-state index is 0.00769. The highest BCUT2D eigenvalue weighted by Gasteiger charge is 2.12. The number of Topliss-reactive ketones (excluding diaryl/α,β-unsaturated/α-hetero) is 1. The molecule has 0 atom stereocenters. The second-order valence-corrected chi connectivity index (χ2v) is 6.72. The maximum atomic E-state index is 11.5. The maximum absolute atomic E-state index is 11.5. The summed E-state index contributed by atoms with van der Waals surface area (Å²) in [6.07, 6.45) is 2.07. The first-order valence-electron chi connectivity index (χ1n) is 6.34. The molecule has 0 aliphatic carbocycles. The van der Waals surface area contributed by atoms with E-state index in [-0.39, 0.29) is 12.2 Å². The molecule has 0 aliphatic heterocycles. The van der Waals surface area contributed by atoms with Crippen LogP contribution in [0.2, 0.25) is 0 Å². The van der Waals surface area contributed by atoms with Crippen LogP contribution in [0.3, 0.4) is 0 Å². The van der Waals surface area contributed by atoms with Crippen molar-refractivity contribution in [3.63, 3.8) is 0 Å². The van der Waals surface area contributed by atoms with E-state index in [2.05, 4.69) is 9.97 Å². The van der Waals surface area contributed by atoms with Crippen LogP contribution >= 0.6 is 23.1 Å². The Morgan fingerprint density at radius 2 is 2.14 bits per heavy atom. The normalized spacial score (nSPS) is 10.6. The zero-order chi connectivity index (χ0) is 15.4. The fourth-order valence-electron chi connectivity index (χ4n) is 1.63. The van der Waals surface area contributed by atoms with Gasteiger partial charge >= 0.3 is 5.97 Å². The molecule has 0 fully saturated rings. The molecule has 0 aliphatic rings. The van der Waals surface area contributed by atoms with Gasteiger partial charge in [-0.05, 0) is 19.1 Å². The Balaban J connectivity index is 2.11. The highest BCUT2D eigenvalue weighted by atomic mass is 32.2. The summed E-state index contributed by atoms with van der Waals surface area (Å²) in [6.45, 7) is 3.61. The van der Waals surface area contributed by atoms with E-state index in [0.29, 0.717) is 12.1 Å². The second kappa shape index (κ2) is 6.82. The fraction of sp³-hybridized carbons (Fsp3) is 0.286. The number of carbonyl (C=O) groups excluding carboxylic acids is 1. The van der Waals surface area contributed by atoms with Crippen LogP contribution in [-0.4, -0.2) is 26.8 Å². The largest absolute Gasteiger partial charge is 0.481 e. The molecule has 0 radical (unpaired) electrons. The Hall–Kier alpha value is -1.73. The lowest BCUT2D eigenvalue weighted by Crippen LogP contribution is -1.99. The highest BCUT2D eigenvalue weighted by Crippen LogP contribution is 2.32. The molecule has 110 valence electrons. The number of aryl methyl sites for hydroxylation is 1. The van der Waals surface area contributed by atoms with E-state index in [9.17, 15) is 9.59 Å². The van der Waals surface area contributed by atoms with Crippen molar-refractivity contribution in [2.75, 3.05) is 0 Å². The molecule has 0 unspecified atom stereocenters. The fourth-order valence-corrected chi connectivity index (χ4v) is 3.80. The standard InChI is InChI=1S/C14H14N2O3S2/c1-3-11(17)10-5-4-9(7-15-10)20-14-16-8(2)12(21-14)6-13(18)19/h4-5,7H,3,6H2,1-2H3,(H,18,19). The summed E-state index contributed by atoms with van der Waals surface area (Å²) in [5.74, 6) is -0.845. The topological polar surface area (TPSA) is 80.2 Å². The number of hydrogen-bond donors (Lipinski definition) is 1. The number of carboxylic acids is 1. The van der Waals surface area contributed by atoms with E-state index in [4.69, 9.17) is 5.11 Å². The van der Waals surface area contributed by atoms with Gasteiger partial charge in [-0.1, -0.05) is 18.7 Å². The number of rotatable bonds is 6. The van der Waals surface area contributed by atoms with Crippen molar-refractivity contribution in [1.29, 1.82) is 0 Å². The summed E-state index contributed by atoms with van der Waals surface area (Å²) in [5, 5.41) is 8.83. The van der Waals surface area contributed by atoms with Gasteiger partial charge in [0.15, 0.2) is 10.1 Å². The molecule has 2 aromatic heterocycles. The minimum Gasteiger partial charge on any atom is -0.481 e. The lowest BCUT2D eigenvalue weighted by molar-refractivity contribution is -0.136. The Morgan fingerprint density at radius 1 is 1.38 bits per heavy atom. The predicted octanol–water partition coefficient (Wildman–Crippen LogP) is 3.22. The molecule has 0 bridgehead atoms. The van der Waals surface area contributed by atoms with Crippen molar-refractivity contribution in [2.45, 2.75) is 35.9 Å². The van der Waals surface area contributed by atoms with Crippen LogP contribution in [0.25, 0.3) is 0 Å². The Bertz CT molecular complexity index is 665. The first-order valence-corrected chi connectivity index (χ1v) is 7.98. The molecule has 21 heavy (non-hydrogen) atoms. The molecule has 0 amide bonds. The third-order valence-electron chi connectivity index (χ3n) is 2.73. The van der Waals surface area contributed by atoms with Gasteiger partial charge in [0.1, 0.15) is 5.69 Å². The molecule has 2 heterocycles. The minimum atomic E-state index is -0.859. The van der Waals surface area contributed by atoms with Crippen LogP contribution in [0.4, 0.5) is 0 Å². The molecular formula is C14H14N2O3S2. The number of nitrogens with zero attached hydrogens (tertiary/aromatic N) is 2. The van der Waals surface area contributed by atoms with Crippen molar-refractivity contribution in [1.82, 2.24) is 9.97 Å². The molecule has 1 N–H and O–H groups in total. The van der Waals surface area contributed by atoms with E-state index in [1.807, 2.05) is 6.07 Å². The Morgan fingerprint density at radius 3 is 2.71 bits per heavy atom. The van der Waals surface area contributed by atoms with E-state index < -0.39 is 5.97 Å².